The Morgan fingerprint density at radius 2 is 1.79 bits per heavy atom. The number of hydrogen-bond donors (Lipinski definition) is 1. The lowest BCUT2D eigenvalue weighted by atomic mass is 10.0. The van der Waals surface area contributed by atoms with E-state index < -0.39 is 16.1 Å². The minimum absolute atomic E-state index is 0.0637. The number of carbonyl (C=O) groups is 1. The van der Waals surface area contributed by atoms with Gasteiger partial charge in [0.15, 0.2) is 0 Å². The molecular formula is C12H25ClN2O3S. The molecule has 0 fully saturated rings. The molecule has 0 aromatic heterocycles. The maximum atomic E-state index is 12.0. The predicted molar refractivity (Wildman–Crippen MR) is 78.7 cm³/mol. The topological polar surface area (TPSA) is 66.5 Å². The van der Waals surface area contributed by atoms with Crippen LogP contribution >= 0.6 is 11.6 Å². The third kappa shape index (κ3) is 7.74. The van der Waals surface area contributed by atoms with E-state index in [1.165, 1.54) is 4.90 Å². The maximum Gasteiger partial charge on any atom is 0.240 e. The van der Waals surface area contributed by atoms with E-state index >= 15 is 0 Å². The molecular weight excluding hydrogens is 288 g/mol. The smallest absolute Gasteiger partial charge is 0.240 e. The molecule has 0 bridgehead atoms. The highest BCUT2D eigenvalue weighted by Crippen LogP contribution is 2.10. The van der Waals surface area contributed by atoms with Gasteiger partial charge in [0.05, 0.1) is 5.75 Å². The van der Waals surface area contributed by atoms with Crippen molar-refractivity contribution in [3.05, 3.63) is 0 Å². The van der Waals surface area contributed by atoms with Crippen LogP contribution in [0.1, 0.15) is 27.2 Å². The molecule has 0 aliphatic carbocycles. The van der Waals surface area contributed by atoms with Gasteiger partial charge in [0.2, 0.25) is 15.9 Å². The van der Waals surface area contributed by atoms with Crippen LogP contribution in [0.3, 0.4) is 0 Å². The Bertz CT molecular complexity index is 382. The van der Waals surface area contributed by atoms with Crippen molar-refractivity contribution in [2.45, 2.75) is 33.2 Å². The van der Waals surface area contributed by atoms with E-state index in [1.54, 1.807) is 21.0 Å². The van der Waals surface area contributed by atoms with Crippen LogP contribution in [0.2, 0.25) is 0 Å². The Morgan fingerprint density at radius 1 is 1.26 bits per heavy atom. The van der Waals surface area contributed by atoms with Crippen LogP contribution in [0, 0.1) is 11.8 Å². The zero-order chi connectivity index (χ0) is 15.2. The molecule has 2 atom stereocenters. The summed E-state index contributed by atoms with van der Waals surface area (Å²) in [5.41, 5.74) is 0. The fourth-order valence-corrected chi connectivity index (χ4v) is 3.50. The first-order valence-electron chi connectivity index (χ1n) is 6.36. The second kappa shape index (κ2) is 8.07. The largest absolute Gasteiger partial charge is 0.347 e. The zero-order valence-corrected chi connectivity index (χ0v) is 13.9. The number of halogens is 1. The molecule has 114 valence electrons. The van der Waals surface area contributed by atoms with Crippen molar-refractivity contribution in [1.29, 1.82) is 0 Å². The van der Waals surface area contributed by atoms with Gasteiger partial charge in [-0.25, -0.2) is 13.1 Å². The Hall–Kier alpha value is -0.330. The number of carbonyl (C=O) groups excluding carboxylic acids is 1. The van der Waals surface area contributed by atoms with Crippen molar-refractivity contribution in [2.24, 2.45) is 11.8 Å². The first-order chi connectivity index (χ1) is 8.59. The third-order valence-corrected chi connectivity index (χ3v) is 4.71. The summed E-state index contributed by atoms with van der Waals surface area (Å²) < 4.78 is 26.5. The Balaban J connectivity index is 4.85. The molecule has 0 saturated heterocycles. The number of likely N-dealkylation sites (N-methyl/N-ethyl adjacent to an activating group) is 1. The van der Waals surface area contributed by atoms with Crippen molar-refractivity contribution < 1.29 is 13.2 Å². The van der Waals surface area contributed by atoms with Crippen molar-refractivity contribution >= 4 is 27.5 Å². The number of sulfonamides is 1. The van der Waals surface area contributed by atoms with Crippen molar-refractivity contribution in [2.75, 3.05) is 25.7 Å². The molecule has 0 aromatic carbocycles. The summed E-state index contributed by atoms with van der Waals surface area (Å²) in [5, 5.41) is 0. The average Bonchev–Trinajstić information content (AvgIpc) is 2.25. The third-order valence-electron chi connectivity index (χ3n) is 2.54. The van der Waals surface area contributed by atoms with E-state index in [4.69, 9.17) is 11.6 Å². The standard InChI is InChI=1S/C12H25ClN2O3S/c1-9(2)6-11(12(16)15(4)5)14-19(17,18)8-10(3)7-13/h9-11,14H,6-8H2,1-5H3. The van der Waals surface area contributed by atoms with Crippen molar-refractivity contribution in [3.8, 4) is 0 Å². The highest BCUT2D eigenvalue weighted by molar-refractivity contribution is 7.89. The summed E-state index contributed by atoms with van der Waals surface area (Å²) in [4.78, 5) is 13.4. The van der Waals surface area contributed by atoms with Crippen LogP contribution in [0.5, 0.6) is 0 Å². The van der Waals surface area contributed by atoms with Gasteiger partial charge in [0.1, 0.15) is 6.04 Å². The van der Waals surface area contributed by atoms with Crippen LogP contribution < -0.4 is 4.72 Å². The van der Waals surface area contributed by atoms with Crippen LogP contribution in [0.15, 0.2) is 0 Å². The maximum absolute atomic E-state index is 12.0. The molecule has 0 aliphatic heterocycles. The van der Waals surface area contributed by atoms with Crippen LogP contribution in [0.4, 0.5) is 0 Å². The normalized spacial score (nSPS) is 15.3. The average molecular weight is 313 g/mol. The van der Waals surface area contributed by atoms with Crippen LogP contribution in [-0.4, -0.2) is 51.0 Å². The van der Waals surface area contributed by atoms with E-state index in [1.807, 2.05) is 13.8 Å². The molecule has 19 heavy (non-hydrogen) atoms. The molecule has 1 N–H and O–H groups in total. The first-order valence-corrected chi connectivity index (χ1v) is 8.54. The molecule has 7 heteroatoms. The van der Waals surface area contributed by atoms with E-state index in [2.05, 4.69) is 4.72 Å². The van der Waals surface area contributed by atoms with E-state index in [9.17, 15) is 13.2 Å². The minimum atomic E-state index is -3.50. The monoisotopic (exact) mass is 312 g/mol. The molecule has 0 aromatic rings. The summed E-state index contributed by atoms with van der Waals surface area (Å²) in [5.74, 6) is 0.0644. The van der Waals surface area contributed by atoms with Gasteiger partial charge in [0, 0.05) is 20.0 Å². The molecule has 5 nitrogen and oxygen atoms in total. The van der Waals surface area contributed by atoms with Gasteiger partial charge in [-0.1, -0.05) is 20.8 Å². The fourth-order valence-electron chi connectivity index (χ4n) is 1.67. The summed E-state index contributed by atoms with van der Waals surface area (Å²) in [6.45, 7) is 5.66. The molecule has 0 radical (unpaired) electrons. The van der Waals surface area contributed by atoms with E-state index in [0.29, 0.717) is 6.42 Å². The second-order valence-corrected chi connectivity index (χ2v) is 7.68. The second-order valence-electron chi connectivity index (χ2n) is 5.57. The number of alkyl halides is 1. The lowest BCUT2D eigenvalue weighted by Crippen LogP contribution is -2.48. The highest BCUT2D eigenvalue weighted by Gasteiger charge is 2.27. The van der Waals surface area contributed by atoms with Gasteiger partial charge in [0.25, 0.3) is 0 Å². The number of rotatable bonds is 8. The zero-order valence-electron chi connectivity index (χ0n) is 12.3. The van der Waals surface area contributed by atoms with E-state index in [-0.39, 0.29) is 29.4 Å². The number of nitrogens with zero attached hydrogens (tertiary/aromatic N) is 1. The van der Waals surface area contributed by atoms with Crippen LogP contribution in [-0.2, 0) is 14.8 Å². The van der Waals surface area contributed by atoms with Crippen LogP contribution in [0.25, 0.3) is 0 Å². The number of nitrogens with one attached hydrogen (secondary N) is 1. The molecule has 0 heterocycles. The Morgan fingerprint density at radius 3 is 2.16 bits per heavy atom. The number of amides is 1. The molecule has 0 spiro atoms. The lowest BCUT2D eigenvalue weighted by Gasteiger charge is -2.23. The predicted octanol–water partition coefficient (Wildman–Crippen LogP) is 1.28. The van der Waals surface area contributed by atoms with Gasteiger partial charge in [-0.3, -0.25) is 4.79 Å². The van der Waals surface area contributed by atoms with Crippen molar-refractivity contribution in [3.63, 3.8) is 0 Å². The minimum Gasteiger partial charge on any atom is -0.347 e. The molecule has 0 aliphatic rings. The summed E-state index contributed by atoms with van der Waals surface area (Å²) in [6.07, 6.45) is 0.478. The summed E-state index contributed by atoms with van der Waals surface area (Å²) in [7, 11) is -0.265. The lowest BCUT2D eigenvalue weighted by molar-refractivity contribution is -0.130. The molecule has 0 rings (SSSR count). The highest BCUT2D eigenvalue weighted by atomic mass is 35.5. The van der Waals surface area contributed by atoms with Gasteiger partial charge in [-0.15, -0.1) is 11.6 Å². The Labute approximate surface area is 121 Å². The van der Waals surface area contributed by atoms with Gasteiger partial charge in [-0.2, -0.15) is 0 Å². The number of hydrogen-bond acceptors (Lipinski definition) is 3. The first kappa shape index (κ1) is 18.7. The summed E-state index contributed by atoms with van der Waals surface area (Å²) in [6, 6.07) is -0.706. The Kier molecular flexibility index (Phi) is 7.93. The molecule has 0 saturated carbocycles. The summed E-state index contributed by atoms with van der Waals surface area (Å²) >= 11 is 5.62. The molecule has 1 amide bonds. The quantitative estimate of drug-likeness (QED) is 0.687. The molecule has 2 unspecified atom stereocenters. The fraction of sp³-hybridized carbons (Fsp3) is 0.917. The SMILES string of the molecule is CC(C)CC(NS(=O)(=O)CC(C)CCl)C(=O)N(C)C. The van der Waals surface area contributed by atoms with Gasteiger partial charge >= 0.3 is 0 Å². The van der Waals surface area contributed by atoms with Gasteiger partial charge < -0.3 is 4.90 Å². The van der Waals surface area contributed by atoms with Gasteiger partial charge in [-0.05, 0) is 18.3 Å². The van der Waals surface area contributed by atoms with E-state index in [0.717, 1.165) is 0 Å². The van der Waals surface area contributed by atoms with Crippen molar-refractivity contribution in [1.82, 2.24) is 9.62 Å².